The molecule has 0 aliphatic heterocycles. The van der Waals surface area contributed by atoms with Crippen LogP contribution in [-0.2, 0) is 16.6 Å². The summed E-state index contributed by atoms with van der Waals surface area (Å²) in [6, 6.07) is 10.1. The number of hydrogen-bond donors (Lipinski definition) is 1. The zero-order valence-corrected chi connectivity index (χ0v) is 11.7. The lowest BCUT2D eigenvalue weighted by molar-refractivity contribution is 0.580. The molecule has 0 aliphatic rings. The maximum Gasteiger partial charge on any atom is 0.241 e. The topological polar surface area (TPSA) is 82.8 Å². The van der Waals surface area contributed by atoms with Gasteiger partial charge in [0.1, 0.15) is 0 Å². The fraction of sp³-hybridized carbons (Fsp3) is 0.143. The molecule has 0 fully saturated rings. The van der Waals surface area contributed by atoms with E-state index in [2.05, 4.69) is 9.71 Å². The monoisotopic (exact) mass is 287 g/mol. The summed E-state index contributed by atoms with van der Waals surface area (Å²) in [5, 5.41) is 8.85. The highest BCUT2D eigenvalue weighted by Gasteiger charge is 2.17. The lowest BCUT2D eigenvalue weighted by Crippen LogP contribution is -2.24. The van der Waals surface area contributed by atoms with Crippen molar-refractivity contribution in [2.24, 2.45) is 0 Å². The largest absolute Gasteiger partial charge is 0.264 e. The zero-order valence-electron chi connectivity index (χ0n) is 10.9. The number of hydrogen-bond acceptors (Lipinski definition) is 4. The third-order valence-corrected chi connectivity index (χ3v) is 4.34. The van der Waals surface area contributed by atoms with E-state index in [0.29, 0.717) is 11.1 Å². The standard InChI is InChI=1S/C14H13N3O2S/c1-11-4-5-12(8-15)7-14(11)20(18,19)17-10-13-3-2-6-16-9-13/h2-7,9,17H,10H2,1H3. The fourth-order valence-corrected chi connectivity index (χ4v) is 3.00. The Labute approximate surface area is 118 Å². The van der Waals surface area contributed by atoms with E-state index in [1.54, 1.807) is 43.6 Å². The van der Waals surface area contributed by atoms with Gasteiger partial charge in [-0.2, -0.15) is 5.26 Å². The second-order valence-corrected chi connectivity index (χ2v) is 6.01. The Balaban J connectivity index is 2.25. The number of benzene rings is 1. The maximum atomic E-state index is 12.3. The molecule has 0 amide bonds. The van der Waals surface area contributed by atoms with Gasteiger partial charge in [0.2, 0.25) is 10.0 Å². The third-order valence-electron chi connectivity index (χ3n) is 2.80. The van der Waals surface area contributed by atoms with Gasteiger partial charge in [-0.15, -0.1) is 0 Å². The molecular formula is C14H13N3O2S. The smallest absolute Gasteiger partial charge is 0.241 e. The average Bonchev–Trinajstić information content (AvgIpc) is 2.47. The van der Waals surface area contributed by atoms with Crippen molar-refractivity contribution in [3.05, 3.63) is 59.4 Å². The van der Waals surface area contributed by atoms with Crippen LogP contribution in [-0.4, -0.2) is 13.4 Å². The van der Waals surface area contributed by atoms with Crippen LogP contribution in [0.3, 0.4) is 0 Å². The fourth-order valence-electron chi connectivity index (χ4n) is 1.72. The molecule has 1 aromatic heterocycles. The number of nitriles is 1. The second-order valence-electron chi connectivity index (χ2n) is 4.28. The summed E-state index contributed by atoms with van der Waals surface area (Å²) >= 11 is 0. The number of nitrogens with one attached hydrogen (secondary N) is 1. The van der Waals surface area contributed by atoms with Crippen molar-refractivity contribution in [2.75, 3.05) is 0 Å². The first-order chi connectivity index (χ1) is 9.53. The van der Waals surface area contributed by atoms with E-state index in [1.807, 2.05) is 6.07 Å². The molecule has 0 aliphatic carbocycles. The van der Waals surface area contributed by atoms with Crippen LogP contribution in [0.2, 0.25) is 0 Å². The molecule has 0 radical (unpaired) electrons. The predicted octanol–water partition coefficient (Wildman–Crippen LogP) is 1.74. The summed E-state index contributed by atoms with van der Waals surface area (Å²) in [5.74, 6) is 0. The van der Waals surface area contributed by atoms with Crippen LogP contribution < -0.4 is 4.72 Å². The molecule has 0 bridgehead atoms. The average molecular weight is 287 g/mol. The number of aromatic nitrogens is 1. The van der Waals surface area contributed by atoms with E-state index in [1.165, 1.54) is 6.07 Å². The number of rotatable bonds is 4. The lowest BCUT2D eigenvalue weighted by atomic mass is 10.2. The van der Waals surface area contributed by atoms with Gasteiger partial charge in [0, 0.05) is 18.9 Å². The molecule has 5 nitrogen and oxygen atoms in total. The summed E-state index contributed by atoms with van der Waals surface area (Å²) < 4.78 is 27.0. The normalized spacial score (nSPS) is 11.0. The first-order valence-electron chi connectivity index (χ1n) is 5.92. The minimum Gasteiger partial charge on any atom is -0.264 e. The molecule has 0 spiro atoms. The Morgan fingerprint density at radius 2 is 2.15 bits per heavy atom. The molecule has 1 heterocycles. The Bertz CT molecular complexity index is 750. The van der Waals surface area contributed by atoms with E-state index in [4.69, 9.17) is 5.26 Å². The maximum absolute atomic E-state index is 12.3. The Morgan fingerprint density at radius 1 is 1.35 bits per heavy atom. The molecule has 1 aromatic carbocycles. The highest BCUT2D eigenvalue weighted by molar-refractivity contribution is 7.89. The van der Waals surface area contributed by atoms with Crippen molar-refractivity contribution in [3.8, 4) is 6.07 Å². The van der Waals surface area contributed by atoms with Crippen molar-refractivity contribution in [1.82, 2.24) is 9.71 Å². The van der Waals surface area contributed by atoms with Gasteiger partial charge in [-0.3, -0.25) is 4.98 Å². The van der Waals surface area contributed by atoms with Crippen LogP contribution in [0.15, 0.2) is 47.6 Å². The summed E-state index contributed by atoms with van der Waals surface area (Å²) in [6.07, 6.45) is 3.22. The van der Waals surface area contributed by atoms with Crippen molar-refractivity contribution >= 4 is 10.0 Å². The predicted molar refractivity (Wildman–Crippen MR) is 74.2 cm³/mol. The Morgan fingerprint density at radius 3 is 2.80 bits per heavy atom. The molecule has 2 aromatic rings. The first-order valence-corrected chi connectivity index (χ1v) is 7.40. The van der Waals surface area contributed by atoms with E-state index in [9.17, 15) is 8.42 Å². The van der Waals surface area contributed by atoms with Crippen LogP contribution in [0.25, 0.3) is 0 Å². The SMILES string of the molecule is Cc1ccc(C#N)cc1S(=O)(=O)NCc1cccnc1. The van der Waals surface area contributed by atoms with Gasteiger partial charge in [-0.05, 0) is 36.2 Å². The van der Waals surface area contributed by atoms with Crippen molar-refractivity contribution in [2.45, 2.75) is 18.4 Å². The minimum atomic E-state index is -3.65. The van der Waals surface area contributed by atoms with Gasteiger partial charge in [-0.25, -0.2) is 13.1 Å². The molecule has 6 heteroatoms. The van der Waals surface area contributed by atoms with Crippen LogP contribution in [0.4, 0.5) is 0 Å². The molecule has 0 unspecified atom stereocenters. The van der Waals surface area contributed by atoms with Crippen molar-refractivity contribution < 1.29 is 8.42 Å². The summed E-state index contributed by atoms with van der Waals surface area (Å²) in [4.78, 5) is 4.05. The first kappa shape index (κ1) is 14.2. The van der Waals surface area contributed by atoms with Crippen molar-refractivity contribution in [1.29, 1.82) is 5.26 Å². The zero-order chi connectivity index (χ0) is 14.6. The van der Waals surface area contributed by atoms with Gasteiger partial charge in [0.15, 0.2) is 0 Å². The van der Waals surface area contributed by atoms with E-state index in [-0.39, 0.29) is 11.4 Å². The molecular weight excluding hydrogens is 274 g/mol. The molecule has 0 saturated heterocycles. The lowest BCUT2D eigenvalue weighted by Gasteiger charge is -2.09. The molecule has 0 saturated carbocycles. The molecule has 0 atom stereocenters. The highest BCUT2D eigenvalue weighted by Crippen LogP contribution is 2.17. The van der Waals surface area contributed by atoms with E-state index < -0.39 is 10.0 Å². The minimum absolute atomic E-state index is 0.125. The number of pyridine rings is 1. The van der Waals surface area contributed by atoms with Gasteiger partial charge in [0.05, 0.1) is 16.5 Å². The Hall–Kier alpha value is -2.23. The quantitative estimate of drug-likeness (QED) is 0.928. The number of sulfonamides is 1. The number of nitrogens with zero attached hydrogens (tertiary/aromatic N) is 2. The van der Waals surface area contributed by atoms with Crippen LogP contribution in [0.1, 0.15) is 16.7 Å². The van der Waals surface area contributed by atoms with E-state index >= 15 is 0 Å². The third kappa shape index (κ3) is 3.20. The summed E-state index contributed by atoms with van der Waals surface area (Å²) in [7, 11) is -3.65. The Kier molecular flexibility index (Phi) is 4.13. The highest BCUT2D eigenvalue weighted by atomic mass is 32.2. The molecule has 1 N–H and O–H groups in total. The van der Waals surface area contributed by atoms with Gasteiger partial charge in [-0.1, -0.05) is 12.1 Å². The van der Waals surface area contributed by atoms with Crippen LogP contribution in [0, 0.1) is 18.3 Å². The van der Waals surface area contributed by atoms with Crippen LogP contribution >= 0.6 is 0 Å². The molecule has 2 rings (SSSR count). The molecule has 102 valence electrons. The number of aryl methyl sites for hydroxylation is 1. The van der Waals surface area contributed by atoms with Crippen LogP contribution in [0.5, 0.6) is 0 Å². The van der Waals surface area contributed by atoms with Gasteiger partial charge >= 0.3 is 0 Å². The summed E-state index contributed by atoms with van der Waals surface area (Å²) in [5.41, 5.74) is 1.69. The van der Waals surface area contributed by atoms with Gasteiger partial charge < -0.3 is 0 Å². The molecule has 20 heavy (non-hydrogen) atoms. The van der Waals surface area contributed by atoms with Crippen molar-refractivity contribution in [3.63, 3.8) is 0 Å². The van der Waals surface area contributed by atoms with E-state index in [0.717, 1.165) is 5.56 Å². The van der Waals surface area contributed by atoms with Gasteiger partial charge in [0.25, 0.3) is 0 Å². The summed E-state index contributed by atoms with van der Waals surface area (Å²) in [6.45, 7) is 1.85. The second kappa shape index (κ2) is 5.82.